The molecule has 3 atom stereocenters. The molecule has 0 bridgehead atoms. The molecule has 2 N–H and O–H groups in total. The number of nitrogens with zero attached hydrogens (tertiary/aromatic N) is 4. The Morgan fingerprint density at radius 2 is 1.74 bits per heavy atom. The van der Waals surface area contributed by atoms with Crippen LogP contribution in [0, 0.1) is 26.7 Å². The van der Waals surface area contributed by atoms with E-state index in [1.807, 2.05) is 47.2 Å². The molecule has 0 saturated heterocycles. The summed E-state index contributed by atoms with van der Waals surface area (Å²) in [6, 6.07) is 9.46. The lowest BCUT2D eigenvalue weighted by atomic mass is 9.96. The van der Waals surface area contributed by atoms with Crippen molar-refractivity contribution in [2.24, 2.45) is 10.9 Å². The Bertz CT molecular complexity index is 1460. The second-order valence-electron chi connectivity index (χ2n) is 8.91. The molecule has 9 heteroatoms. The molecule has 180 valence electrons. The summed E-state index contributed by atoms with van der Waals surface area (Å²) in [5, 5.41) is 31.6. The number of carbonyl (C=O) groups is 1. The maximum absolute atomic E-state index is 12.0. The van der Waals surface area contributed by atoms with Gasteiger partial charge in [0.05, 0.1) is 17.7 Å². The molecule has 7 nitrogen and oxygen atoms in total. The van der Waals surface area contributed by atoms with Gasteiger partial charge in [-0.15, -0.1) is 32.9 Å². The van der Waals surface area contributed by atoms with Gasteiger partial charge in [0.25, 0.3) is 0 Å². The van der Waals surface area contributed by atoms with Crippen molar-refractivity contribution in [2.75, 3.05) is 0 Å². The molecule has 1 aromatic carbocycles. The number of hydrogen-bond acceptors (Lipinski definition) is 7. The first kappa shape index (κ1) is 23.6. The van der Waals surface area contributed by atoms with Gasteiger partial charge in [0, 0.05) is 20.9 Å². The summed E-state index contributed by atoms with van der Waals surface area (Å²) in [6.07, 6.45) is -0.535. The molecule has 0 aliphatic carbocycles. The molecule has 4 aromatic rings. The van der Waals surface area contributed by atoms with Gasteiger partial charge in [-0.05, 0) is 62.8 Å². The maximum atomic E-state index is 12.0. The van der Waals surface area contributed by atoms with Crippen molar-refractivity contribution in [2.45, 2.75) is 46.8 Å². The molecular weight excluding hydrogens is 480 g/mol. The van der Waals surface area contributed by atoms with Crippen LogP contribution in [0.4, 0.5) is 0 Å². The van der Waals surface area contributed by atoms with Crippen LogP contribution >= 0.6 is 22.7 Å². The van der Waals surface area contributed by atoms with Crippen LogP contribution in [0.2, 0.25) is 0 Å². The Kier molecular flexibility index (Phi) is 5.94. The molecular formula is C26H26N4O3S2. The minimum Gasteiger partial charge on any atom is -0.481 e. The van der Waals surface area contributed by atoms with E-state index in [2.05, 4.69) is 24.0 Å². The van der Waals surface area contributed by atoms with Crippen LogP contribution in [-0.4, -0.2) is 36.7 Å². The van der Waals surface area contributed by atoms with Gasteiger partial charge in [-0.1, -0.05) is 24.3 Å². The average molecular weight is 507 g/mol. The average Bonchev–Trinajstić information content (AvgIpc) is 3.51. The predicted molar refractivity (Wildman–Crippen MR) is 139 cm³/mol. The van der Waals surface area contributed by atoms with Crippen LogP contribution in [-0.2, 0) is 4.79 Å². The minimum absolute atomic E-state index is 0.535. The van der Waals surface area contributed by atoms with Gasteiger partial charge in [0.1, 0.15) is 16.9 Å². The number of aromatic nitrogens is 3. The largest absolute Gasteiger partial charge is 0.481 e. The summed E-state index contributed by atoms with van der Waals surface area (Å²) in [5.41, 5.74) is 5.80. The summed E-state index contributed by atoms with van der Waals surface area (Å²) < 4.78 is 1.97. The second kappa shape index (κ2) is 8.82. The van der Waals surface area contributed by atoms with Crippen molar-refractivity contribution in [1.82, 2.24) is 14.8 Å². The lowest BCUT2D eigenvalue weighted by Crippen LogP contribution is -2.21. The zero-order chi connectivity index (χ0) is 25.0. The number of benzene rings is 1. The summed E-state index contributed by atoms with van der Waals surface area (Å²) in [5.74, 6) is -0.449. The molecule has 0 spiro atoms. The van der Waals surface area contributed by atoms with Gasteiger partial charge < -0.3 is 10.2 Å². The summed E-state index contributed by atoms with van der Waals surface area (Å²) >= 11 is 3.19. The Hall–Kier alpha value is -3.14. The van der Waals surface area contributed by atoms with E-state index in [0.717, 1.165) is 43.4 Å². The van der Waals surface area contributed by atoms with Crippen LogP contribution in [0.1, 0.15) is 64.1 Å². The highest BCUT2D eigenvalue weighted by atomic mass is 32.1. The van der Waals surface area contributed by atoms with Gasteiger partial charge >= 0.3 is 5.97 Å². The third-order valence-electron chi connectivity index (χ3n) is 6.60. The molecule has 0 radical (unpaired) electrons. The molecule has 0 saturated carbocycles. The highest BCUT2D eigenvalue weighted by molar-refractivity contribution is 7.15. The van der Waals surface area contributed by atoms with Gasteiger partial charge in [0.15, 0.2) is 5.82 Å². The number of aliphatic hydroxyl groups excluding tert-OH is 1. The van der Waals surface area contributed by atoms with Crippen LogP contribution in [0.15, 0.2) is 40.7 Å². The molecule has 0 fully saturated rings. The summed E-state index contributed by atoms with van der Waals surface area (Å²) in [4.78, 5) is 19.2. The quantitative estimate of drug-likeness (QED) is 0.364. The van der Waals surface area contributed by atoms with Gasteiger partial charge in [-0.3, -0.25) is 14.4 Å². The first-order valence-electron chi connectivity index (χ1n) is 11.4. The fourth-order valence-electron chi connectivity index (χ4n) is 4.51. The van der Waals surface area contributed by atoms with E-state index in [0.29, 0.717) is 11.6 Å². The number of fused-ring (bicyclic) bond motifs is 3. The lowest BCUT2D eigenvalue weighted by Gasteiger charge is -2.16. The fourth-order valence-corrected chi connectivity index (χ4v) is 6.58. The number of aliphatic carboxylic acids is 1. The highest BCUT2D eigenvalue weighted by Gasteiger charge is 2.36. The van der Waals surface area contributed by atoms with E-state index in [4.69, 9.17) is 4.99 Å². The molecule has 1 aliphatic heterocycles. The van der Waals surface area contributed by atoms with E-state index >= 15 is 0 Å². The fraction of sp³-hybridized carbons (Fsp3) is 0.308. The van der Waals surface area contributed by atoms with Crippen LogP contribution in [0.3, 0.4) is 0 Å². The molecule has 1 aliphatic rings. The highest BCUT2D eigenvalue weighted by Crippen LogP contribution is 2.41. The number of rotatable bonds is 5. The monoisotopic (exact) mass is 506 g/mol. The van der Waals surface area contributed by atoms with Crippen LogP contribution in [0.5, 0.6) is 0 Å². The number of aliphatic imine (C=N–C) groups is 1. The van der Waals surface area contributed by atoms with Gasteiger partial charge in [-0.2, -0.15) is 0 Å². The van der Waals surface area contributed by atoms with E-state index in [1.54, 1.807) is 36.5 Å². The SMILES string of the molecule is Cc1sc2c(c1C)C(c1ccc(-c3ccsc3C(C)O)cc1)=NC([C@H](C)C(=O)O)c1nnc(C)n1-2. The molecule has 3 aromatic heterocycles. The number of aliphatic hydroxyl groups is 1. The van der Waals surface area contributed by atoms with Crippen molar-refractivity contribution in [1.29, 1.82) is 0 Å². The normalized spacial score (nSPS) is 16.7. The third-order valence-corrected chi connectivity index (χ3v) is 8.88. The Morgan fingerprint density at radius 3 is 2.40 bits per heavy atom. The van der Waals surface area contributed by atoms with Crippen molar-refractivity contribution in [3.63, 3.8) is 0 Å². The Labute approximate surface area is 211 Å². The van der Waals surface area contributed by atoms with Crippen molar-refractivity contribution in [3.05, 3.63) is 73.8 Å². The zero-order valence-electron chi connectivity index (χ0n) is 20.1. The van der Waals surface area contributed by atoms with E-state index in [9.17, 15) is 15.0 Å². The first-order valence-corrected chi connectivity index (χ1v) is 13.1. The van der Waals surface area contributed by atoms with Crippen molar-refractivity contribution >= 4 is 34.4 Å². The second-order valence-corrected chi connectivity index (χ2v) is 11.1. The predicted octanol–water partition coefficient (Wildman–Crippen LogP) is 5.65. The van der Waals surface area contributed by atoms with E-state index < -0.39 is 24.0 Å². The smallest absolute Gasteiger partial charge is 0.308 e. The zero-order valence-corrected chi connectivity index (χ0v) is 21.7. The number of hydrogen-bond donors (Lipinski definition) is 2. The van der Waals surface area contributed by atoms with Crippen molar-refractivity contribution < 1.29 is 15.0 Å². The standard InChI is InChI=1S/C26H26N4O3S2/c1-12-15(4)35-25-20(12)22(27-21(13(2)26(32)33)24-29-28-16(5)30(24)25)18-8-6-17(7-9-18)19-10-11-34-23(19)14(3)31/h6-11,13-14,21,31H,1-5H3,(H,32,33)/t13-,14?,21?/m0/s1. The molecule has 4 heterocycles. The Morgan fingerprint density at radius 1 is 1.06 bits per heavy atom. The summed E-state index contributed by atoms with van der Waals surface area (Å²) in [6.45, 7) is 9.48. The third kappa shape index (κ3) is 3.84. The van der Waals surface area contributed by atoms with Crippen molar-refractivity contribution in [3.8, 4) is 16.1 Å². The molecule has 35 heavy (non-hydrogen) atoms. The van der Waals surface area contributed by atoms with Crippen LogP contribution < -0.4 is 0 Å². The number of carboxylic acid groups (broad SMARTS) is 1. The van der Waals surface area contributed by atoms with Gasteiger partial charge in [0.2, 0.25) is 0 Å². The lowest BCUT2D eigenvalue weighted by molar-refractivity contribution is -0.141. The Balaban J connectivity index is 1.70. The van der Waals surface area contributed by atoms with Crippen LogP contribution in [0.25, 0.3) is 16.1 Å². The van der Waals surface area contributed by atoms with E-state index in [1.165, 1.54) is 4.88 Å². The minimum atomic E-state index is -0.929. The number of thiophene rings is 2. The number of aryl methyl sites for hydroxylation is 2. The molecule has 2 unspecified atom stereocenters. The molecule has 0 amide bonds. The topological polar surface area (TPSA) is 101 Å². The maximum Gasteiger partial charge on any atom is 0.308 e. The number of carboxylic acids is 1. The van der Waals surface area contributed by atoms with E-state index in [-0.39, 0.29) is 0 Å². The molecule has 5 rings (SSSR count). The first-order chi connectivity index (χ1) is 16.7. The summed E-state index contributed by atoms with van der Waals surface area (Å²) in [7, 11) is 0. The van der Waals surface area contributed by atoms with Gasteiger partial charge in [-0.25, -0.2) is 0 Å².